The molecule has 30 heavy (non-hydrogen) atoms. The fourth-order valence-electron chi connectivity index (χ4n) is 4.83. The number of hydrogen-bond acceptors (Lipinski definition) is 1. The zero-order valence-electron chi connectivity index (χ0n) is 17.1. The van der Waals surface area contributed by atoms with E-state index in [0.29, 0.717) is 17.9 Å². The summed E-state index contributed by atoms with van der Waals surface area (Å²) in [6, 6.07) is 11.2. The molecule has 0 heterocycles. The molecule has 2 aromatic rings. The molecule has 0 atom stereocenters. The number of benzene rings is 2. The van der Waals surface area contributed by atoms with Crippen molar-refractivity contribution in [2.24, 2.45) is 5.92 Å². The third-order valence-electron chi connectivity index (χ3n) is 6.64. The summed E-state index contributed by atoms with van der Waals surface area (Å²) in [5, 5.41) is 0. The molecular weight excluding hydrogens is 392 g/mol. The summed E-state index contributed by atoms with van der Waals surface area (Å²) in [5.41, 5.74) is 4.53. The largest absolute Gasteiger partial charge is 0.573 e. The van der Waals surface area contributed by atoms with E-state index in [0.717, 1.165) is 23.1 Å². The average Bonchev–Trinajstić information content (AvgIpc) is 2.75. The Balaban J connectivity index is 1.47. The number of allylic oxidation sites excluding steroid dienone is 2. The van der Waals surface area contributed by atoms with Gasteiger partial charge in [-0.1, -0.05) is 49.8 Å². The molecule has 2 aliphatic carbocycles. The van der Waals surface area contributed by atoms with Gasteiger partial charge in [0.25, 0.3) is 0 Å². The monoisotopic (exact) mass is 418 g/mol. The zero-order valence-corrected chi connectivity index (χ0v) is 17.1. The summed E-state index contributed by atoms with van der Waals surface area (Å²) < 4.78 is 55.6. The molecule has 0 spiro atoms. The Morgan fingerprint density at radius 2 is 1.67 bits per heavy atom. The molecule has 0 aromatic heterocycles. The highest BCUT2D eigenvalue weighted by Crippen LogP contribution is 2.38. The van der Waals surface area contributed by atoms with E-state index >= 15 is 0 Å². The maximum atomic E-state index is 14.5. The molecule has 0 N–H and O–H groups in total. The average molecular weight is 418 g/mol. The van der Waals surface area contributed by atoms with Crippen molar-refractivity contribution in [3.05, 3.63) is 70.5 Å². The van der Waals surface area contributed by atoms with E-state index in [2.05, 4.69) is 35.9 Å². The second-order valence-corrected chi connectivity index (χ2v) is 8.42. The number of fused-ring (bicyclic) bond motifs is 1. The van der Waals surface area contributed by atoms with Crippen LogP contribution in [-0.4, -0.2) is 6.36 Å². The Labute approximate surface area is 174 Å². The van der Waals surface area contributed by atoms with Crippen LogP contribution in [-0.2, 0) is 12.8 Å². The molecule has 0 unspecified atom stereocenters. The Morgan fingerprint density at radius 3 is 2.30 bits per heavy atom. The lowest BCUT2D eigenvalue weighted by molar-refractivity contribution is -0.275. The summed E-state index contributed by atoms with van der Waals surface area (Å²) in [7, 11) is 0. The van der Waals surface area contributed by atoms with Gasteiger partial charge < -0.3 is 4.74 Å². The van der Waals surface area contributed by atoms with Crippen LogP contribution >= 0.6 is 0 Å². The molecule has 0 radical (unpaired) electrons. The van der Waals surface area contributed by atoms with Crippen LogP contribution in [0.25, 0.3) is 5.57 Å². The topological polar surface area (TPSA) is 9.23 Å². The van der Waals surface area contributed by atoms with Gasteiger partial charge in [-0.25, -0.2) is 4.39 Å². The molecule has 5 heteroatoms. The lowest BCUT2D eigenvalue weighted by atomic mass is 9.77. The van der Waals surface area contributed by atoms with Crippen molar-refractivity contribution >= 4 is 5.57 Å². The molecule has 2 aliphatic rings. The van der Waals surface area contributed by atoms with Crippen molar-refractivity contribution in [2.75, 3.05) is 0 Å². The minimum atomic E-state index is -4.90. The minimum Gasteiger partial charge on any atom is -0.403 e. The predicted octanol–water partition coefficient (Wildman–Crippen LogP) is 7.59. The molecule has 2 aromatic carbocycles. The molecular formula is C25H26F4O. The number of halogens is 4. The summed E-state index contributed by atoms with van der Waals surface area (Å²) >= 11 is 0. The first-order chi connectivity index (χ1) is 14.3. The van der Waals surface area contributed by atoms with Gasteiger partial charge in [-0.3, -0.25) is 0 Å². The van der Waals surface area contributed by atoms with Crippen molar-refractivity contribution in [1.82, 2.24) is 0 Å². The van der Waals surface area contributed by atoms with Crippen molar-refractivity contribution in [3.63, 3.8) is 0 Å². The maximum absolute atomic E-state index is 14.5. The van der Waals surface area contributed by atoms with Crippen molar-refractivity contribution in [3.8, 4) is 5.75 Å². The van der Waals surface area contributed by atoms with E-state index in [9.17, 15) is 17.6 Å². The number of rotatable bonds is 4. The van der Waals surface area contributed by atoms with Crippen molar-refractivity contribution < 1.29 is 22.3 Å². The summed E-state index contributed by atoms with van der Waals surface area (Å²) in [4.78, 5) is 0. The standard InChI is InChI=1S/C25H26F4O/c1-2-16-3-5-17(6-4-16)18-7-9-19(10-8-18)20-11-13-22-21(15-20)12-14-23(24(22)26)30-25(27,28)29/h7-12,14,16-17H,2-6,13,15H2,1H3. The van der Waals surface area contributed by atoms with E-state index in [1.165, 1.54) is 43.7 Å². The first kappa shape index (κ1) is 21.0. The van der Waals surface area contributed by atoms with Gasteiger partial charge in [0.2, 0.25) is 0 Å². The van der Waals surface area contributed by atoms with Crippen LogP contribution in [0.1, 0.15) is 67.2 Å². The van der Waals surface area contributed by atoms with Gasteiger partial charge >= 0.3 is 6.36 Å². The molecule has 160 valence electrons. The van der Waals surface area contributed by atoms with E-state index in [1.54, 1.807) is 0 Å². The molecule has 1 fully saturated rings. The molecule has 0 saturated heterocycles. The van der Waals surface area contributed by atoms with Gasteiger partial charge in [0.1, 0.15) is 0 Å². The smallest absolute Gasteiger partial charge is 0.403 e. The zero-order chi connectivity index (χ0) is 21.3. The number of hydrogen-bond donors (Lipinski definition) is 0. The Morgan fingerprint density at radius 1 is 0.967 bits per heavy atom. The quantitative estimate of drug-likeness (QED) is 0.465. The predicted molar refractivity (Wildman–Crippen MR) is 110 cm³/mol. The van der Waals surface area contributed by atoms with Crippen molar-refractivity contribution in [2.45, 2.75) is 64.1 Å². The van der Waals surface area contributed by atoms with Crippen LogP contribution in [0.5, 0.6) is 5.75 Å². The van der Waals surface area contributed by atoms with Gasteiger partial charge in [0.15, 0.2) is 11.6 Å². The van der Waals surface area contributed by atoms with Crippen LogP contribution in [0.4, 0.5) is 17.6 Å². The molecule has 0 aliphatic heterocycles. The summed E-state index contributed by atoms with van der Waals surface area (Å²) in [6.45, 7) is 2.27. The number of ether oxygens (including phenoxy) is 1. The molecule has 1 nitrogen and oxygen atoms in total. The highest BCUT2D eigenvalue weighted by molar-refractivity contribution is 5.71. The maximum Gasteiger partial charge on any atom is 0.573 e. The lowest BCUT2D eigenvalue weighted by Gasteiger charge is -2.28. The van der Waals surface area contributed by atoms with E-state index in [-0.39, 0.29) is 12.0 Å². The highest BCUT2D eigenvalue weighted by atomic mass is 19.4. The van der Waals surface area contributed by atoms with Gasteiger partial charge in [0, 0.05) is 0 Å². The fraction of sp³-hybridized carbons (Fsp3) is 0.440. The Hall–Kier alpha value is -2.30. The van der Waals surface area contributed by atoms with E-state index < -0.39 is 17.9 Å². The van der Waals surface area contributed by atoms with Crippen LogP contribution in [0.3, 0.4) is 0 Å². The van der Waals surface area contributed by atoms with Crippen LogP contribution in [0.2, 0.25) is 0 Å². The van der Waals surface area contributed by atoms with Crippen LogP contribution in [0.15, 0.2) is 42.5 Å². The van der Waals surface area contributed by atoms with Gasteiger partial charge in [-0.15, -0.1) is 13.2 Å². The first-order valence-corrected chi connectivity index (χ1v) is 10.7. The Kier molecular flexibility index (Phi) is 5.90. The Bertz CT molecular complexity index is 919. The normalized spacial score (nSPS) is 21.7. The summed E-state index contributed by atoms with van der Waals surface area (Å²) in [5.74, 6) is -0.183. The van der Waals surface area contributed by atoms with Gasteiger partial charge in [-0.05, 0) is 84.3 Å². The lowest BCUT2D eigenvalue weighted by Crippen LogP contribution is -2.19. The first-order valence-electron chi connectivity index (χ1n) is 10.7. The molecule has 0 amide bonds. The SMILES string of the molecule is CCC1CCC(c2ccc(C3=CCc4c(ccc(OC(F)(F)F)c4F)C3)cc2)CC1. The second kappa shape index (κ2) is 8.44. The van der Waals surface area contributed by atoms with E-state index in [4.69, 9.17) is 0 Å². The highest BCUT2D eigenvalue weighted by Gasteiger charge is 2.33. The van der Waals surface area contributed by atoms with Gasteiger partial charge in [0.05, 0.1) is 0 Å². The van der Waals surface area contributed by atoms with Crippen molar-refractivity contribution in [1.29, 1.82) is 0 Å². The summed E-state index contributed by atoms with van der Waals surface area (Å²) in [6.07, 6.45) is 4.13. The number of alkyl halides is 3. The third-order valence-corrected chi connectivity index (χ3v) is 6.64. The van der Waals surface area contributed by atoms with E-state index in [1.807, 2.05) is 6.08 Å². The molecule has 1 saturated carbocycles. The molecule has 4 rings (SSSR count). The third kappa shape index (κ3) is 4.55. The molecule has 0 bridgehead atoms. The fourth-order valence-corrected chi connectivity index (χ4v) is 4.83. The minimum absolute atomic E-state index is 0.258. The van der Waals surface area contributed by atoms with Crippen LogP contribution < -0.4 is 4.74 Å². The van der Waals surface area contributed by atoms with Crippen LogP contribution in [0, 0.1) is 11.7 Å². The van der Waals surface area contributed by atoms with Gasteiger partial charge in [-0.2, -0.15) is 0 Å². The second-order valence-electron chi connectivity index (χ2n) is 8.42.